The summed E-state index contributed by atoms with van der Waals surface area (Å²) in [5.74, 6) is 0.547. The Labute approximate surface area is 126 Å². The van der Waals surface area contributed by atoms with E-state index in [2.05, 4.69) is 17.6 Å². The van der Waals surface area contributed by atoms with Crippen molar-refractivity contribution in [2.75, 3.05) is 11.5 Å². The van der Waals surface area contributed by atoms with Crippen LogP contribution in [0.3, 0.4) is 0 Å². The summed E-state index contributed by atoms with van der Waals surface area (Å²) in [4.78, 5) is 4.08. The van der Waals surface area contributed by atoms with Gasteiger partial charge >= 0.3 is 7.12 Å². The summed E-state index contributed by atoms with van der Waals surface area (Å²) in [5.41, 5.74) is 7.54. The van der Waals surface area contributed by atoms with Crippen LogP contribution in [0.2, 0.25) is 0 Å². The first-order chi connectivity index (χ1) is 9.25. The molecule has 2 rings (SSSR count). The van der Waals surface area contributed by atoms with E-state index >= 15 is 0 Å². The van der Waals surface area contributed by atoms with E-state index in [1.807, 2.05) is 39.8 Å². The third kappa shape index (κ3) is 3.02. The van der Waals surface area contributed by atoms with Crippen molar-refractivity contribution in [1.82, 2.24) is 4.98 Å². The van der Waals surface area contributed by atoms with Gasteiger partial charge in [-0.25, -0.2) is 0 Å². The van der Waals surface area contributed by atoms with Gasteiger partial charge in [-0.2, -0.15) is 12.6 Å². The summed E-state index contributed by atoms with van der Waals surface area (Å²) in [6.45, 7) is 8.13. The molecule has 1 aromatic heterocycles. The number of nitrogens with two attached hydrogens (primary N) is 1. The lowest BCUT2D eigenvalue weighted by Crippen LogP contribution is -2.41. The van der Waals surface area contributed by atoms with E-state index in [9.17, 15) is 0 Å². The predicted octanol–water partition coefficient (Wildman–Crippen LogP) is 2.61. The molecule has 0 atom stereocenters. The van der Waals surface area contributed by atoms with Gasteiger partial charge in [0.15, 0.2) is 0 Å². The zero-order valence-corrected chi connectivity index (χ0v) is 13.3. The molecule has 1 saturated heterocycles. The Kier molecular flexibility index (Phi) is 4.18. The lowest BCUT2D eigenvalue weighted by Gasteiger charge is -2.32. The van der Waals surface area contributed by atoms with Crippen LogP contribution in [0.4, 0.5) is 5.69 Å². The molecule has 1 fully saturated rings. The van der Waals surface area contributed by atoms with Gasteiger partial charge in [-0.15, -0.1) is 0 Å². The second-order valence-electron chi connectivity index (χ2n) is 6.02. The van der Waals surface area contributed by atoms with Crippen LogP contribution in [0.5, 0.6) is 0 Å². The summed E-state index contributed by atoms with van der Waals surface area (Å²) >= 11 is 4.38. The minimum atomic E-state index is -0.390. The number of thiol groups is 1. The molecule has 0 aliphatic carbocycles. The Bertz CT molecular complexity index is 516. The summed E-state index contributed by atoms with van der Waals surface area (Å²) in [6.07, 6.45) is 5.34. The maximum absolute atomic E-state index is 6.03. The predicted molar refractivity (Wildman–Crippen MR) is 86.6 cm³/mol. The van der Waals surface area contributed by atoms with E-state index in [-0.39, 0.29) is 18.3 Å². The van der Waals surface area contributed by atoms with Crippen LogP contribution in [-0.2, 0) is 9.31 Å². The molecule has 4 nitrogen and oxygen atoms in total. The van der Waals surface area contributed by atoms with E-state index in [1.54, 1.807) is 12.4 Å². The molecule has 2 heterocycles. The zero-order chi connectivity index (χ0) is 15.0. The van der Waals surface area contributed by atoms with Crippen molar-refractivity contribution in [1.29, 1.82) is 0 Å². The van der Waals surface area contributed by atoms with Gasteiger partial charge < -0.3 is 15.0 Å². The van der Waals surface area contributed by atoms with Crippen molar-refractivity contribution in [2.45, 2.75) is 38.9 Å². The van der Waals surface area contributed by atoms with E-state index in [0.717, 1.165) is 11.0 Å². The molecule has 0 spiro atoms. The molecule has 0 radical (unpaired) electrons. The van der Waals surface area contributed by atoms with Crippen LogP contribution in [-0.4, -0.2) is 29.1 Å². The normalized spacial score (nSPS) is 21.2. The van der Waals surface area contributed by atoms with Gasteiger partial charge in [-0.1, -0.05) is 6.08 Å². The van der Waals surface area contributed by atoms with Gasteiger partial charge in [0.25, 0.3) is 0 Å². The quantitative estimate of drug-likeness (QED) is 0.664. The molecular weight excluding hydrogens is 271 g/mol. The van der Waals surface area contributed by atoms with Crippen LogP contribution in [0.15, 0.2) is 23.9 Å². The van der Waals surface area contributed by atoms with Gasteiger partial charge in [0, 0.05) is 18.1 Å². The molecule has 0 unspecified atom stereocenters. The summed E-state index contributed by atoms with van der Waals surface area (Å²) in [6, 6.07) is 1.86. The van der Waals surface area contributed by atoms with Crippen molar-refractivity contribution in [3.63, 3.8) is 0 Å². The fourth-order valence-corrected chi connectivity index (χ4v) is 2.19. The first-order valence-corrected chi connectivity index (χ1v) is 7.26. The summed E-state index contributed by atoms with van der Waals surface area (Å²) in [7, 11) is -0.390. The minimum absolute atomic E-state index is 0.354. The number of nitrogens with zero attached hydrogens (tertiary/aromatic N) is 1. The molecule has 108 valence electrons. The van der Waals surface area contributed by atoms with E-state index in [4.69, 9.17) is 15.0 Å². The van der Waals surface area contributed by atoms with Crippen LogP contribution in [0.25, 0.3) is 6.08 Å². The molecule has 0 saturated carbocycles. The summed E-state index contributed by atoms with van der Waals surface area (Å²) < 4.78 is 12.1. The lowest BCUT2D eigenvalue weighted by atomic mass is 9.78. The Morgan fingerprint density at radius 2 is 1.90 bits per heavy atom. The summed E-state index contributed by atoms with van der Waals surface area (Å²) in [5, 5.41) is 0. The van der Waals surface area contributed by atoms with Crippen molar-refractivity contribution < 1.29 is 9.31 Å². The number of rotatable bonds is 3. The maximum Gasteiger partial charge on any atom is 0.491 e. The van der Waals surface area contributed by atoms with Gasteiger partial charge in [0.05, 0.1) is 16.9 Å². The van der Waals surface area contributed by atoms with Crippen molar-refractivity contribution in [2.24, 2.45) is 0 Å². The molecule has 1 aliphatic heterocycles. The Morgan fingerprint density at radius 3 is 2.40 bits per heavy atom. The van der Waals surface area contributed by atoms with Gasteiger partial charge in [-0.3, -0.25) is 4.98 Å². The zero-order valence-electron chi connectivity index (χ0n) is 12.4. The van der Waals surface area contributed by atoms with Crippen molar-refractivity contribution >= 4 is 31.5 Å². The highest BCUT2D eigenvalue weighted by atomic mass is 32.1. The fraction of sp³-hybridized carbons (Fsp3) is 0.500. The van der Waals surface area contributed by atoms with Gasteiger partial charge in [0.1, 0.15) is 0 Å². The molecule has 1 aromatic rings. The molecule has 1 aliphatic rings. The molecule has 0 aromatic carbocycles. The molecule has 0 amide bonds. The highest BCUT2D eigenvalue weighted by Gasteiger charge is 2.52. The van der Waals surface area contributed by atoms with Crippen LogP contribution >= 0.6 is 12.6 Å². The largest absolute Gasteiger partial charge is 0.491 e. The Hall–Kier alpha value is -0.975. The Morgan fingerprint density at radius 1 is 1.30 bits per heavy atom. The molecular formula is C14H21BN2O2S. The number of nitrogen functional groups attached to an aromatic ring is 1. The van der Waals surface area contributed by atoms with Crippen LogP contribution < -0.4 is 5.73 Å². The number of pyridine rings is 1. The topological polar surface area (TPSA) is 57.4 Å². The highest BCUT2D eigenvalue weighted by molar-refractivity contribution is 7.80. The standard InChI is InChI=1S/C14H21BN2O2S/c1-13(2)14(3,4)19-15(18-13)11(9-20)5-10-6-12(16)8-17-7-10/h5-8,20H,9,16H2,1-4H3. The molecule has 6 heteroatoms. The van der Waals surface area contributed by atoms with E-state index in [0.29, 0.717) is 11.4 Å². The van der Waals surface area contributed by atoms with Crippen molar-refractivity contribution in [3.05, 3.63) is 29.5 Å². The van der Waals surface area contributed by atoms with E-state index in [1.165, 1.54) is 0 Å². The second-order valence-corrected chi connectivity index (χ2v) is 6.33. The minimum Gasteiger partial charge on any atom is -0.400 e. The lowest BCUT2D eigenvalue weighted by molar-refractivity contribution is 0.00578. The van der Waals surface area contributed by atoms with Gasteiger partial charge in [0.2, 0.25) is 0 Å². The van der Waals surface area contributed by atoms with E-state index < -0.39 is 0 Å². The number of hydrogen-bond donors (Lipinski definition) is 2. The second kappa shape index (κ2) is 5.43. The third-order valence-corrected chi connectivity index (χ3v) is 4.24. The van der Waals surface area contributed by atoms with Crippen LogP contribution in [0.1, 0.15) is 33.3 Å². The molecule has 20 heavy (non-hydrogen) atoms. The molecule has 0 bridgehead atoms. The third-order valence-electron chi connectivity index (χ3n) is 3.87. The first-order valence-electron chi connectivity index (χ1n) is 6.63. The smallest absolute Gasteiger partial charge is 0.400 e. The SMILES string of the molecule is CC1(C)OB(C(=Cc2cncc(N)c2)CS)OC1(C)C. The average Bonchev–Trinajstić information content (AvgIpc) is 2.55. The van der Waals surface area contributed by atoms with Gasteiger partial charge in [-0.05, 0) is 44.8 Å². The molecule has 2 N–H and O–H groups in total. The maximum atomic E-state index is 6.03. The monoisotopic (exact) mass is 292 g/mol. The average molecular weight is 292 g/mol. The number of aromatic nitrogens is 1. The Balaban J connectivity index is 2.26. The number of hydrogen-bond acceptors (Lipinski definition) is 5. The first kappa shape index (κ1) is 15.4. The highest BCUT2D eigenvalue weighted by Crippen LogP contribution is 2.38. The van der Waals surface area contributed by atoms with Crippen LogP contribution in [0, 0.1) is 0 Å². The van der Waals surface area contributed by atoms with Crippen molar-refractivity contribution in [3.8, 4) is 0 Å². The number of anilines is 1. The fourth-order valence-electron chi connectivity index (χ4n) is 1.95.